The van der Waals surface area contributed by atoms with Crippen molar-refractivity contribution in [3.63, 3.8) is 0 Å². The highest BCUT2D eigenvalue weighted by atomic mass is 35.5. The Hall–Kier alpha value is -1.90. The molecule has 21 heavy (non-hydrogen) atoms. The van der Waals surface area contributed by atoms with E-state index >= 15 is 0 Å². The molecule has 0 bridgehead atoms. The van der Waals surface area contributed by atoms with Crippen molar-refractivity contribution in [2.24, 2.45) is 5.84 Å². The molecular formula is C12H18ClN5O3. The van der Waals surface area contributed by atoms with Crippen LogP contribution in [0.2, 0.25) is 5.02 Å². The largest absolute Gasteiger partial charge is 0.383 e. The molecule has 1 heterocycles. The standard InChI is InChI=1S/C12H18ClN5O3/c1-7(11(19)15-3-4-21-2)17-12(20)8-5-9(13)10(18-14)16-6-8/h5-7H,3-4,14H2,1-2H3,(H,15,19)(H,16,18)(H,17,20). The first-order chi connectivity index (χ1) is 9.99. The molecule has 9 heteroatoms. The van der Waals surface area contributed by atoms with Crippen molar-refractivity contribution in [3.8, 4) is 0 Å². The van der Waals surface area contributed by atoms with Crippen molar-refractivity contribution in [2.75, 3.05) is 25.7 Å². The molecule has 0 aliphatic rings. The number of nitrogens with zero attached hydrogens (tertiary/aromatic N) is 1. The summed E-state index contributed by atoms with van der Waals surface area (Å²) < 4.78 is 4.82. The lowest BCUT2D eigenvalue weighted by molar-refractivity contribution is -0.122. The number of carbonyl (C=O) groups excluding carboxylic acids is 2. The molecule has 0 spiro atoms. The minimum Gasteiger partial charge on any atom is -0.383 e. The average Bonchev–Trinajstić information content (AvgIpc) is 2.47. The van der Waals surface area contributed by atoms with Gasteiger partial charge in [0.05, 0.1) is 17.2 Å². The summed E-state index contributed by atoms with van der Waals surface area (Å²) in [7, 11) is 1.54. The number of methoxy groups -OCH3 is 1. The number of nitrogens with two attached hydrogens (primary N) is 1. The van der Waals surface area contributed by atoms with Crippen LogP contribution in [0.4, 0.5) is 5.82 Å². The van der Waals surface area contributed by atoms with Crippen LogP contribution in [0.25, 0.3) is 0 Å². The van der Waals surface area contributed by atoms with Gasteiger partial charge in [-0.1, -0.05) is 11.6 Å². The molecule has 1 aromatic rings. The molecule has 0 saturated carbocycles. The van der Waals surface area contributed by atoms with Crippen LogP contribution in [0.1, 0.15) is 17.3 Å². The molecule has 2 amide bonds. The molecule has 116 valence electrons. The van der Waals surface area contributed by atoms with Crippen LogP contribution >= 0.6 is 11.6 Å². The Morgan fingerprint density at radius 3 is 2.81 bits per heavy atom. The number of halogens is 1. The van der Waals surface area contributed by atoms with E-state index in [0.717, 1.165) is 0 Å². The predicted octanol–water partition coefficient (Wildman–Crippen LogP) is -0.0985. The van der Waals surface area contributed by atoms with Crippen LogP contribution in [-0.2, 0) is 9.53 Å². The van der Waals surface area contributed by atoms with Gasteiger partial charge in [0.1, 0.15) is 6.04 Å². The molecule has 0 saturated heterocycles. The highest BCUT2D eigenvalue weighted by molar-refractivity contribution is 6.33. The van der Waals surface area contributed by atoms with Gasteiger partial charge in [0, 0.05) is 19.9 Å². The number of anilines is 1. The lowest BCUT2D eigenvalue weighted by Gasteiger charge is -2.14. The van der Waals surface area contributed by atoms with E-state index in [1.807, 2.05) is 0 Å². The first-order valence-electron chi connectivity index (χ1n) is 6.19. The van der Waals surface area contributed by atoms with E-state index in [1.165, 1.54) is 19.4 Å². The van der Waals surface area contributed by atoms with Crippen molar-refractivity contribution >= 4 is 29.2 Å². The summed E-state index contributed by atoms with van der Waals surface area (Å²) in [6, 6.07) is 0.717. The van der Waals surface area contributed by atoms with Gasteiger partial charge in [-0.05, 0) is 13.0 Å². The quantitative estimate of drug-likeness (QED) is 0.317. The second-order valence-electron chi connectivity index (χ2n) is 4.18. The number of hydrogen-bond acceptors (Lipinski definition) is 6. The third-order valence-electron chi connectivity index (χ3n) is 2.59. The number of nitrogen functional groups attached to an aromatic ring is 1. The summed E-state index contributed by atoms with van der Waals surface area (Å²) in [6.45, 7) is 2.35. The van der Waals surface area contributed by atoms with Gasteiger partial charge in [-0.2, -0.15) is 0 Å². The maximum atomic E-state index is 12.0. The third-order valence-corrected chi connectivity index (χ3v) is 2.87. The van der Waals surface area contributed by atoms with Crippen molar-refractivity contribution in [1.29, 1.82) is 0 Å². The summed E-state index contributed by atoms with van der Waals surface area (Å²) in [5, 5.41) is 5.38. The Kier molecular flexibility index (Phi) is 6.86. The number of pyridine rings is 1. The minimum atomic E-state index is -0.694. The van der Waals surface area contributed by atoms with Gasteiger partial charge >= 0.3 is 0 Å². The fraction of sp³-hybridized carbons (Fsp3) is 0.417. The van der Waals surface area contributed by atoms with Crippen molar-refractivity contribution in [3.05, 3.63) is 22.8 Å². The number of hydrazine groups is 1. The Morgan fingerprint density at radius 1 is 1.52 bits per heavy atom. The molecule has 0 fully saturated rings. The maximum absolute atomic E-state index is 12.0. The Balaban J connectivity index is 2.59. The van der Waals surface area contributed by atoms with Crippen LogP contribution in [0.5, 0.6) is 0 Å². The molecule has 1 atom stereocenters. The van der Waals surface area contributed by atoms with Crippen LogP contribution in [0, 0.1) is 0 Å². The lowest BCUT2D eigenvalue weighted by atomic mass is 10.2. The monoisotopic (exact) mass is 315 g/mol. The van der Waals surface area contributed by atoms with Gasteiger partial charge in [-0.3, -0.25) is 9.59 Å². The molecule has 8 nitrogen and oxygen atoms in total. The summed E-state index contributed by atoms with van der Waals surface area (Å²) >= 11 is 5.88. The summed E-state index contributed by atoms with van der Waals surface area (Å²) in [5.41, 5.74) is 2.53. The van der Waals surface area contributed by atoms with Gasteiger partial charge < -0.3 is 20.8 Å². The molecular weight excluding hydrogens is 298 g/mol. The highest BCUT2D eigenvalue weighted by Crippen LogP contribution is 2.18. The average molecular weight is 316 g/mol. The fourth-order valence-corrected chi connectivity index (χ4v) is 1.66. The molecule has 0 aromatic carbocycles. The second kappa shape index (κ2) is 8.40. The zero-order chi connectivity index (χ0) is 15.8. The molecule has 1 aromatic heterocycles. The topological polar surface area (TPSA) is 118 Å². The zero-order valence-corrected chi connectivity index (χ0v) is 12.5. The van der Waals surface area contributed by atoms with Gasteiger partial charge in [0.15, 0.2) is 5.82 Å². The van der Waals surface area contributed by atoms with Crippen LogP contribution in [-0.4, -0.2) is 43.1 Å². The van der Waals surface area contributed by atoms with Crippen molar-refractivity contribution < 1.29 is 14.3 Å². The molecule has 1 rings (SSSR count). The smallest absolute Gasteiger partial charge is 0.253 e. The van der Waals surface area contributed by atoms with E-state index in [2.05, 4.69) is 21.0 Å². The number of hydrogen-bond donors (Lipinski definition) is 4. The summed E-state index contributed by atoms with van der Waals surface area (Å²) in [6.07, 6.45) is 1.31. The van der Waals surface area contributed by atoms with E-state index in [0.29, 0.717) is 13.2 Å². The third kappa shape index (κ3) is 5.18. The fourth-order valence-electron chi connectivity index (χ4n) is 1.44. The van der Waals surface area contributed by atoms with Gasteiger partial charge in [-0.25, -0.2) is 10.8 Å². The van der Waals surface area contributed by atoms with Crippen LogP contribution < -0.4 is 21.9 Å². The Bertz CT molecular complexity index is 512. The molecule has 0 aliphatic carbocycles. The van der Waals surface area contributed by atoms with Crippen molar-refractivity contribution in [1.82, 2.24) is 15.6 Å². The van der Waals surface area contributed by atoms with E-state index in [4.69, 9.17) is 22.2 Å². The Morgan fingerprint density at radius 2 is 2.24 bits per heavy atom. The number of amides is 2. The van der Waals surface area contributed by atoms with E-state index in [-0.39, 0.29) is 22.3 Å². The molecule has 1 unspecified atom stereocenters. The number of nitrogens with one attached hydrogen (secondary N) is 3. The highest BCUT2D eigenvalue weighted by Gasteiger charge is 2.17. The number of ether oxygens (including phenoxy) is 1. The van der Waals surface area contributed by atoms with E-state index in [9.17, 15) is 9.59 Å². The second-order valence-corrected chi connectivity index (χ2v) is 4.58. The molecule has 0 radical (unpaired) electrons. The summed E-state index contributed by atoms with van der Waals surface area (Å²) in [5.74, 6) is 4.70. The summed E-state index contributed by atoms with van der Waals surface area (Å²) in [4.78, 5) is 27.6. The zero-order valence-electron chi connectivity index (χ0n) is 11.8. The van der Waals surface area contributed by atoms with Crippen LogP contribution in [0.3, 0.4) is 0 Å². The van der Waals surface area contributed by atoms with Crippen molar-refractivity contribution in [2.45, 2.75) is 13.0 Å². The normalized spacial score (nSPS) is 11.6. The molecule has 0 aliphatic heterocycles. The SMILES string of the molecule is COCCNC(=O)C(C)NC(=O)c1cnc(NN)c(Cl)c1. The van der Waals surface area contributed by atoms with Gasteiger partial charge in [0.2, 0.25) is 5.91 Å². The van der Waals surface area contributed by atoms with Gasteiger partial charge in [-0.15, -0.1) is 0 Å². The predicted molar refractivity (Wildman–Crippen MR) is 78.9 cm³/mol. The van der Waals surface area contributed by atoms with E-state index in [1.54, 1.807) is 6.92 Å². The number of aromatic nitrogens is 1. The Labute approximate surface area is 127 Å². The molecule has 5 N–H and O–H groups in total. The number of carbonyl (C=O) groups is 2. The van der Waals surface area contributed by atoms with Crippen LogP contribution in [0.15, 0.2) is 12.3 Å². The lowest BCUT2D eigenvalue weighted by Crippen LogP contribution is -2.45. The number of rotatable bonds is 7. The van der Waals surface area contributed by atoms with Gasteiger partial charge in [0.25, 0.3) is 5.91 Å². The van der Waals surface area contributed by atoms with E-state index < -0.39 is 11.9 Å². The first-order valence-corrected chi connectivity index (χ1v) is 6.57. The first kappa shape index (κ1) is 17.2. The maximum Gasteiger partial charge on any atom is 0.253 e. The minimum absolute atomic E-state index is 0.211.